The predicted octanol–water partition coefficient (Wildman–Crippen LogP) is 2.05. The summed E-state index contributed by atoms with van der Waals surface area (Å²) in [4.78, 5) is 19.4. The molecule has 0 aromatic carbocycles. The van der Waals surface area contributed by atoms with Gasteiger partial charge < -0.3 is 9.84 Å². The summed E-state index contributed by atoms with van der Waals surface area (Å²) in [5.74, 6) is -0.509. The van der Waals surface area contributed by atoms with Crippen LogP contribution in [0.4, 0.5) is 0 Å². The average molecular weight is 288 g/mol. The molecule has 1 unspecified atom stereocenters. The van der Waals surface area contributed by atoms with Crippen LogP contribution in [0, 0.1) is 6.92 Å². The summed E-state index contributed by atoms with van der Waals surface area (Å²) in [7, 11) is 0. The van der Waals surface area contributed by atoms with Crippen LogP contribution in [0.5, 0.6) is 0 Å². The molecule has 7 heteroatoms. The van der Waals surface area contributed by atoms with Gasteiger partial charge in [-0.15, -0.1) is 5.10 Å². The molecule has 1 fully saturated rings. The molecule has 1 atom stereocenters. The van der Waals surface area contributed by atoms with Crippen molar-refractivity contribution >= 4 is 5.97 Å². The van der Waals surface area contributed by atoms with Crippen molar-refractivity contribution in [2.75, 3.05) is 6.61 Å². The highest BCUT2D eigenvalue weighted by molar-refractivity contribution is 5.89. The Morgan fingerprint density at radius 1 is 1.43 bits per heavy atom. The van der Waals surface area contributed by atoms with Crippen LogP contribution in [0.25, 0.3) is 11.5 Å². The van der Waals surface area contributed by atoms with Crippen LogP contribution < -0.4 is 0 Å². The molecular weight excluding hydrogens is 272 g/mol. The summed E-state index contributed by atoms with van der Waals surface area (Å²) >= 11 is 0. The van der Waals surface area contributed by atoms with E-state index in [-0.39, 0.29) is 11.8 Å². The number of carbonyl (C=O) groups is 1. The normalized spacial score (nSPS) is 18.6. The van der Waals surface area contributed by atoms with Crippen molar-refractivity contribution in [1.82, 2.24) is 19.7 Å². The Morgan fingerprint density at radius 2 is 2.29 bits per heavy atom. The van der Waals surface area contributed by atoms with Crippen molar-refractivity contribution in [3.8, 4) is 11.5 Å². The van der Waals surface area contributed by atoms with Crippen molar-refractivity contribution < 1.29 is 14.6 Å². The minimum absolute atomic E-state index is 0.0700. The molecule has 1 saturated heterocycles. The van der Waals surface area contributed by atoms with E-state index in [2.05, 4.69) is 15.1 Å². The molecule has 1 aliphatic rings. The highest BCUT2D eigenvalue weighted by Gasteiger charge is 2.18. The molecule has 0 amide bonds. The minimum atomic E-state index is -0.986. The fourth-order valence-electron chi connectivity index (χ4n) is 2.37. The van der Waals surface area contributed by atoms with E-state index in [0.29, 0.717) is 17.1 Å². The Balaban J connectivity index is 1.85. The number of pyridine rings is 1. The van der Waals surface area contributed by atoms with Gasteiger partial charge in [0.15, 0.2) is 12.1 Å². The number of hydrogen-bond donors (Lipinski definition) is 1. The Labute approximate surface area is 121 Å². The van der Waals surface area contributed by atoms with Crippen LogP contribution in [-0.2, 0) is 4.74 Å². The van der Waals surface area contributed by atoms with E-state index in [9.17, 15) is 4.79 Å². The topological polar surface area (TPSA) is 90.1 Å². The fraction of sp³-hybridized carbons (Fsp3) is 0.429. The first-order valence-electron chi connectivity index (χ1n) is 6.88. The Kier molecular flexibility index (Phi) is 3.66. The van der Waals surface area contributed by atoms with Gasteiger partial charge in [-0.2, -0.15) is 0 Å². The first kappa shape index (κ1) is 13.7. The van der Waals surface area contributed by atoms with Crippen molar-refractivity contribution in [1.29, 1.82) is 0 Å². The third-order valence-electron chi connectivity index (χ3n) is 3.53. The summed E-state index contributed by atoms with van der Waals surface area (Å²) in [6.45, 7) is 2.47. The largest absolute Gasteiger partial charge is 0.478 e. The summed E-state index contributed by atoms with van der Waals surface area (Å²) in [5, 5.41) is 13.4. The second-order valence-electron chi connectivity index (χ2n) is 5.06. The minimum Gasteiger partial charge on any atom is -0.478 e. The van der Waals surface area contributed by atoms with Crippen molar-refractivity contribution in [2.45, 2.75) is 32.4 Å². The zero-order valence-corrected chi connectivity index (χ0v) is 11.7. The first-order chi connectivity index (χ1) is 10.1. The number of aryl methyl sites for hydroxylation is 1. The van der Waals surface area contributed by atoms with E-state index >= 15 is 0 Å². The van der Waals surface area contributed by atoms with Gasteiger partial charge in [-0.05, 0) is 37.8 Å². The molecule has 0 radical (unpaired) electrons. The van der Waals surface area contributed by atoms with E-state index in [4.69, 9.17) is 9.84 Å². The quantitative estimate of drug-likeness (QED) is 0.929. The van der Waals surface area contributed by atoms with Crippen LogP contribution in [0.3, 0.4) is 0 Å². The van der Waals surface area contributed by atoms with Crippen molar-refractivity contribution in [2.24, 2.45) is 0 Å². The maximum Gasteiger partial charge on any atom is 0.337 e. The van der Waals surface area contributed by atoms with Gasteiger partial charge in [0.2, 0.25) is 0 Å². The highest BCUT2D eigenvalue weighted by Crippen LogP contribution is 2.23. The molecule has 0 aliphatic carbocycles. The van der Waals surface area contributed by atoms with E-state index in [0.717, 1.165) is 25.9 Å². The maximum atomic E-state index is 11.0. The summed E-state index contributed by atoms with van der Waals surface area (Å²) in [6.07, 6.45) is 6.02. The standard InChI is InChI=1S/C14H16N4O3/c1-9-6-11(15-7-10(9)14(19)20)13-16-8-18(17-13)12-4-2-3-5-21-12/h6-8,12H,2-5H2,1H3,(H,19,20). The SMILES string of the molecule is Cc1cc(-c2ncn(C3CCCCO3)n2)ncc1C(=O)O. The monoisotopic (exact) mass is 288 g/mol. The van der Waals surface area contributed by atoms with Crippen molar-refractivity contribution in [3.05, 3.63) is 29.7 Å². The molecule has 3 heterocycles. The van der Waals surface area contributed by atoms with Crippen LogP contribution in [0.15, 0.2) is 18.6 Å². The molecule has 0 saturated carbocycles. The van der Waals surface area contributed by atoms with Crippen LogP contribution in [-0.4, -0.2) is 37.4 Å². The molecule has 1 N–H and O–H groups in total. The summed E-state index contributed by atoms with van der Waals surface area (Å²) < 4.78 is 7.35. The van der Waals surface area contributed by atoms with Gasteiger partial charge in [0, 0.05) is 12.8 Å². The Bertz CT molecular complexity index is 662. The number of rotatable bonds is 3. The second-order valence-corrected chi connectivity index (χ2v) is 5.06. The lowest BCUT2D eigenvalue weighted by Crippen LogP contribution is -2.18. The third-order valence-corrected chi connectivity index (χ3v) is 3.53. The molecule has 0 spiro atoms. The summed E-state index contributed by atoms with van der Waals surface area (Å²) in [6, 6.07) is 1.69. The molecule has 0 bridgehead atoms. The lowest BCUT2D eigenvalue weighted by molar-refractivity contribution is -0.0395. The zero-order valence-electron chi connectivity index (χ0n) is 11.7. The number of ether oxygens (including phenoxy) is 1. The van der Waals surface area contributed by atoms with Crippen LogP contribution >= 0.6 is 0 Å². The number of carboxylic acids is 1. The van der Waals surface area contributed by atoms with Crippen LogP contribution in [0.2, 0.25) is 0 Å². The third kappa shape index (κ3) is 2.78. The van der Waals surface area contributed by atoms with Gasteiger partial charge >= 0.3 is 5.97 Å². The number of carboxylic acid groups (broad SMARTS) is 1. The molecule has 3 rings (SSSR count). The van der Waals surface area contributed by atoms with Gasteiger partial charge in [-0.3, -0.25) is 4.98 Å². The van der Waals surface area contributed by atoms with E-state index in [1.54, 1.807) is 24.0 Å². The van der Waals surface area contributed by atoms with Crippen LogP contribution in [0.1, 0.15) is 41.4 Å². The maximum absolute atomic E-state index is 11.0. The molecular formula is C14H16N4O3. The first-order valence-corrected chi connectivity index (χ1v) is 6.88. The van der Waals surface area contributed by atoms with Gasteiger partial charge in [0.25, 0.3) is 0 Å². The molecule has 110 valence electrons. The van der Waals surface area contributed by atoms with E-state index < -0.39 is 5.97 Å². The Morgan fingerprint density at radius 3 is 2.95 bits per heavy atom. The lowest BCUT2D eigenvalue weighted by Gasteiger charge is -2.21. The zero-order chi connectivity index (χ0) is 14.8. The molecule has 7 nitrogen and oxygen atoms in total. The van der Waals surface area contributed by atoms with Gasteiger partial charge in [0.05, 0.1) is 5.56 Å². The Hall–Kier alpha value is -2.28. The number of aromatic carboxylic acids is 1. The van der Waals surface area contributed by atoms with Gasteiger partial charge in [-0.25, -0.2) is 14.5 Å². The van der Waals surface area contributed by atoms with Gasteiger partial charge in [-0.1, -0.05) is 0 Å². The number of aromatic nitrogens is 4. The number of nitrogens with zero attached hydrogens (tertiary/aromatic N) is 4. The van der Waals surface area contributed by atoms with Gasteiger partial charge in [0.1, 0.15) is 12.0 Å². The summed E-state index contributed by atoms with van der Waals surface area (Å²) in [5.41, 5.74) is 1.39. The average Bonchev–Trinajstić information content (AvgIpc) is 2.97. The molecule has 2 aromatic heterocycles. The van der Waals surface area contributed by atoms with Crippen molar-refractivity contribution in [3.63, 3.8) is 0 Å². The number of hydrogen-bond acceptors (Lipinski definition) is 5. The van der Waals surface area contributed by atoms with E-state index in [1.807, 2.05) is 0 Å². The second kappa shape index (κ2) is 5.61. The molecule has 2 aromatic rings. The fourth-order valence-corrected chi connectivity index (χ4v) is 2.37. The molecule has 1 aliphatic heterocycles. The molecule has 21 heavy (non-hydrogen) atoms. The lowest BCUT2D eigenvalue weighted by atomic mass is 10.1. The highest BCUT2D eigenvalue weighted by atomic mass is 16.5. The van der Waals surface area contributed by atoms with E-state index in [1.165, 1.54) is 6.20 Å². The predicted molar refractivity (Wildman–Crippen MR) is 73.8 cm³/mol. The smallest absolute Gasteiger partial charge is 0.337 e.